The number of anilines is 1. The van der Waals surface area contributed by atoms with Gasteiger partial charge in [-0.05, 0) is 42.3 Å². The minimum Gasteiger partial charge on any atom is -0.495 e. The number of methoxy groups -OCH3 is 1. The van der Waals surface area contributed by atoms with Crippen molar-refractivity contribution in [2.45, 2.75) is 18.4 Å². The van der Waals surface area contributed by atoms with Crippen molar-refractivity contribution in [3.8, 4) is 5.75 Å². The topological polar surface area (TPSA) is 75.7 Å². The van der Waals surface area contributed by atoms with Crippen molar-refractivity contribution >= 4 is 21.6 Å². The lowest BCUT2D eigenvalue weighted by atomic mass is 10.2. The Morgan fingerprint density at radius 3 is 2.28 bits per heavy atom. The first-order valence-electron chi connectivity index (χ1n) is 9.65. The Balaban J connectivity index is 1.97. The second kappa shape index (κ2) is 9.88. The predicted octanol–water partition coefficient (Wildman–Crippen LogP) is 4.11. The number of ether oxygens (including phenoxy) is 1. The number of aryl methyl sites for hydroxylation is 1. The molecule has 3 rings (SSSR count). The highest BCUT2D eigenvalue weighted by atomic mass is 32.2. The van der Waals surface area contributed by atoms with Gasteiger partial charge < -0.3 is 10.1 Å². The molecule has 1 N–H and O–H groups in total. The van der Waals surface area contributed by atoms with Gasteiger partial charge in [-0.25, -0.2) is 17.2 Å². The third-order valence-electron chi connectivity index (χ3n) is 4.69. The standard InChI is InChI=1S/C23H22F2N2O4S/c1-16-11-12-20(31-2)21(13-16)32(29,30)27(14-17-7-4-3-5-8-17)15-22(28)26-23-18(24)9-6-10-19(23)25/h3-13H,14-15H2,1-2H3,(H,26,28). The lowest BCUT2D eigenvalue weighted by Crippen LogP contribution is -2.38. The Bertz CT molecular complexity index is 1200. The van der Waals surface area contributed by atoms with E-state index in [-0.39, 0.29) is 17.2 Å². The smallest absolute Gasteiger partial charge is 0.247 e. The minimum atomic E-state index is -4.21. The minimum absolute atomic E-state index is 0.110. The molecule has 32 heavy (non-hydrogen) atoms. The molecule has 0 aliphatic heterocycles. The zero-order valence-electron chi connectivity index (χ0n) is 17.5. The number of carbonyl (C=O) groups excluding carboxylic acids is 1. The highest BCUT2D eigenvalue weighted by molar-refractivity contribution is 7.89. The molecule has 3 aromatic carbocycles. The monoisotopic (exact) mass is 460 g/mol. The van der Waals surface area contributed by atoms with Gasteiger partial charge in [0.15, 0.2) is 0 Å². The molecule has 0 saturated heterocycles. The van der Waals surface area contributed by atoms with Crippen LogP contribution in [0, 0.1) is 18.6 Å². The zero-order chi connectivity index (χ0) is 23.3. The predicted molar refractivity (Wildman–Crippen MR) is 117 cm³/mol. The van der Waals surface area contributed by atoms with E-state index in [1.807, 2.05) is 0 Å². The van der Waals surface area contributed by atoms with Crippen LogP contribution >= 0.6 is 0 Å². The van der Waals surface area contributed by atoms with Crippen LogP contribution in [0.2, 0.25) is 0 Å². The fourth-order valence-electron chi connectivity index (χ4n) is 3.09. The first-order valence-corrected chi connectivity index (χ1v) is 11.1. The maximum Gasteiger partial charge on any atom is 0.247 e. The van der Waals surface area contributed by atoms with Crippen LogP contribution in [0.25, 0.3) is 0 Å². The molecule has 0 atom stereocenters. The lowest BCUT2D eigenvalue weighted by Gasteiger charge is -2.23. The van der Waals surface area contributed by atoms with Gasteiger partial charge in [-0.3, -0.25) is 4.79 Å². The fourth-order valence-corrected chi connectivity index (χ4v) is 4.72. The lowest BCUT2D eigenvalue weighted by molar-refractivity contribution is -0.116. The van der Waals surface area contributed by atoms with E-state index in [1.165, 1.54) is 19.2 Å². The van der Waals surface area contributed by atoms with Crippen LogP contribution in [0.15, 0.2) is 71.6 Å². The molecule has 0 unspecified atom stereocenters. The van der Waals surface area contributed by atoms with Gasteiger partial charge in [-0.1, -0.05) is 42.5 Å². The van der Waals surface area contributed by atoms with Crippen molar-refractivity contribution in [2.24, 2.45) is 0 Å². The average Bonchev–Trinajstić information content (AvgIpc) is 2.76. The Kier molecular flexibility index (Phi) is 7.22. The van der Waals surface area contributed by atoms with Gasteiger partial charge in [0.2, 0.25) is 15.9 Å². The molecule has 0 radical (unpaired) electrons. The van der Waals surface area contributed by atoms with Crippen molar-refractivity contribution < 1.29 is 26.7 Å². The Hall–Kier alpha value is -3.30. The molecule has 0 aliphatic rings. The third-order valence-corrected chi connectivity index (χ3v) is 6.50. The van der Waals surface area contributed by atoms with Crippen molar-refractivity contribution in [3.63, 3.8) is 0 Å². The van der Waals surface area contributed by atoms with E-state index in [2.05, 4.69) is 5.32 Å². The summed E-state index contributed by atoms with van der Waals surface area (Å²) >= 11 is 0. The van der Waals surface area contributed by atoms with E-state index in [4.69, 9.17) is 4.74 Å². The first kappa shape index (κ1) is 23.4. The maximum absolute atomic E-state index is 13.9. The maximum atomic E-state index is 13.9. The summed E-state index contributed by atoms with van der Waals surface area (Å²) in [5, 5.41) is 2.13. The number of rotatable bonds is 8. The molecule has 0 aliphatic carbocycles. The van der Waals surface area contributed by atoms with Crippen molar-refractivity contribution in [2.75, 3.05) is 19.0 Å². The van der Waals surface area contributed by atoms with Crippen LogP contribution in [0.3, 0.4) is 0 Å². The van der Waals surface area contributed by atoms with E-state index >= 15 is 0 Å². The summed E-state index contributed by atoms with van der Waals surface area (Å²) in [4.78, 5) is 12.5. The van der Waals surface area contributed by atoms with Crippen molar-refractivity contribution in [1.29, 1.82) is 0 Å². The Morgan fingerprint density at radius 1 is 1.00 bits per heavy atom. The summed E-state index contributed by atoms with van der Waals surface area (Å²) in [6, 6.07) is 16.5. The quantitative estimate of drug-likeness (QED) is 0.549. The number of para-hydroxylation sites is 1. The molecule has 0 fully saturated rings. The van der Waals surface area contributed by atoms with Crippen molar-refractivity contribution in [1.82, 2.24) is 4.31 Å². The molecule has 168 valence electrons. The van der Waals surface area contributed by atoms with Crippen LogP contribution in [0.1, 0.15) is 11.1 Å². The highest BCUT2D eigenvalue weighted by Gasteiger charge is 2.30. The van der Waals surface area contributed by atoms with E-state index in [0.29, 0.717) is 11.1 Å². The van der Waals surface area contributed by atoms with Crippen LogP contribution in [-0.2, 0) is 21.4 Å². The van der Waals surface area contributed by atoms with Gasteiger partial charge >= 0.3 is 0 Å². The van der Waals surface area contributed by atoms with Gasteiger partial charge in [0.05, 0.1) is 13.7 Å². The molecule has 0 heterocycles. The molecule has 0 spiro atoms. The summed E-state index contributed by atoms with van der Waals surface area (Å²) in [5.74, 6) is -2.69. The number of benzene rings is 3. The number of nitrogens with zero attached hydrogens (tertiary/aromatic N) is 1. The summed E-state index contributed by atoms with van der Waals surface area (Å²) in [7, 11) is -2.87. The van der Waals surface area contributed by atoms with E-state index < -0.39 is 39.8 Å². The Morgan fingerprint density at radius 2 is 1.66 bits per heavy atom. The van der Waals surface area contributed by atoms with E-state index in [1.54, 1.807) is 43.3 Å². The number of hydrogen-bond donors (Lipinski definition) is 1. The summed E-state index contributed by atoms with van der Waals surface area (Å²) in [6.07, 6.45) is 0. The number of hydrogen-bond acceptors (Lipinski definition) is 4. The molecule has 1 amide bonds. The van der Waals surface area contributed by atoms with Gasteiger partial charge in [0.25, 0.3) is 0 Å². The van der Waals surface area contributed by atoms with E-state index in [0.717, 1.165) is 22.5 Å². The molecule has 3 aromatic rings. The molecule has 0 bridgehead atoms. The number of carbonyl (C=O) groups is 1. The molecule has 9 heteroatoms. The number of halogens is 2. The van der Waals surface area contributed by atoms with Gasteiger partial charge in [-0.2, -0.15) is 4.31 Å². The fraction of sp³-hybridized carbons (Fsp3) is 0.174. The van der Waals surface area contributed by atoms with Crippen LogP contribution < -0.4 is 10.1 Å². The average molecular weight is 461 g/mol. The summed E-state index contributed by atoms with van der Waals surface area (Å²) in [5.41, 5.74) is 0.678. The molecule has 0 saturated carbocycles. The number of sulfonamides is 1. The van der Waals surface area contributed by atoms with Gasteiger partial charge in [-0.15, -0.1) is 0 Å². The largest absolute Gasteiger partial charge is 0.495 e. The molecular weight excluding hydrogens is 438 g/mol. The highest BCUT2D eigenvalue weighted by Crippen LogP contribution is 2.29. The number of amides is 1. The normalized spacial score (nSPS) is 11.4. The summed E-state index contributed by atoms with van der Waals surface area (Å²) < 4.78 is 61.0. The Labute approximate surface area is 185 Å². The molecule has 0 aromatic heterocycles. The van der Waals surface area contributed by atoms with Crippen LogP contribution in [0.4, 0.5) is 14.5 Å². The van der Waals surface area contributed by atoms with Crippen LogP contribution in [-0.4, -0.2) is 32.3 Å². The van der Waals surface area contributed by atoms with Gasteiger partial charge in [0, 0.05) is 6.54 Å². The van der Waals surface area contributed by atoms with Crippen LogP contribution in [0.5, 0.6) is 5.75 Å². The second-order valence-electron chi connectivity index (χ2n) is 7.06. The van der Waals surface area contributed by atoms with Crippen molar-refractivity contribution in [3.05, 3.63) is 89.5 Å². The van der Waals surface area contributed by atoms with E-state index in [9.17, 15) is 22.0 Å². The first-order chi connectivity index (χ1) is 15.2. The zero-order valence-corrected chi connectivity index (χ0v) is 18.3. The van der Waals surface area contributed by atoms with Gasteiger partial charge in [0.1, 0.15) is 28.0 Å². The molecule has 6 nitrogen and oxygen atoms in total. The second-order valence-corrected chi connectivity index (χ2v) is 8.96. The SMILES string of the molecule is COc1ccc(C)cc1S(=O)(=O)N(CC(=O)Nc1c(F)cccc1F)Cc1ccccc1. The number of nitrogens with one attached hydrogen (secondary N) is 1. The third kappa shape index (κ3) is 5.30. The summed E-state index contributed by atoms with van der Waals surface area (Å²) in [6.45, 7) is 0.934. The molecular formula is C23H22F2N2O4S.